The number of carbonyl (C=O) groups excluding carboxylic acids is 1. The SMILES string of the molecule is COc1ccc(C(=O)N/N=C(\C=C\c2ccccc2)c2ccccc2)cc1Br. The van der Waals surface area contributed by atoms with Gasteiger partial charge in [0.05, 0.1) is 17.3 Å². The Balaban J connectivity index is 1.83. The van der Waals surface area contributed by atoms with Crippen LogP contribution < -0.4 is 10.2 Å². The van der Waals surface area contributed by atoms with Crippen LogP contribution in [0.2, 0.25) is 0 Å². The van der Waals surface area contributed by atoms with Crippen molar-refractivity contribution in [2.75, 3.05) is 7.11 Å². The largest absolute Gasteiger partial charge is 0.496 e. The molecular weight excluding hydrogens is 416 g/mol. The normalized spacial score (nSPS) is 11.4. The minimum atomic E-state index is -0.301. The van der Waals surface area contributed by atoms with Gasteiger partial charge in [-0.05, 0) is 45.8 Å². The smallest absolute Gasteiger partial charge is 0.271 e. The van der Waals surface area contributed by atoms with Crippen LogP contribution in [0.1, 0.15) is 21.5 Å². The summed E-state index contributed by atoms with van der Waals surface area (Å²) in [6, 6.07) is 24.8. The van der Waals surface area contributed by atoms with Crippen LogP contribution in [0.25, 0.3) is 6.08 Å². The standard InChI is InChI=1S/C23H19BrN2O2/c1-28-22-15-13-19(16-20(22)24)23(27)26-25-21(18-10-6-3-7-11-18)14-12-17-8-4-2-5-9-17/h2-16H,1H3,(H,26,27)/b14-12+,25-21+. The Kier molecular flexibility index (Phi) is 6.76. The molecule has 0 aliphatic rings. The predicted molar refractivity (Wildman–Crippen MR) is 117 cm³/mol. The second-order valence-corrected chi connectivity index (χ2v) is 6.75. The molecule has 0 saturated heterocycles. The van der Waals surface area contributed by atoms with E-state index in [-0.39, 0.29) is 5.91 Å². The lowest BCUT2D eigenvalue weighted by atomic mass is 10.1. The maximum absolute atomic E-state index is 12.5. The summed E-state index contributed by atoms with van der Waals surface area (Å²) in [5, 5.41) is 4.34. The quantitative estimate of drug-likeness (QED) is 0.422. The Hall–Kier alpha value is -3.18. The van der Waals surface area contributed by atoms with Crippen molar-refractivity contribution in [1.29, 1.82) is 0 Å². The Morgan fingerprint density at radius 2 is 1.64 bits per heavy atom. The van der Waals surface area contributed by atoms with Crippen molar-refractivity contribution < 1.29 is 9.53 Å². The Bertz CT molecular complexity index is 1000. The van der Waals surface area contributed by atoms with Gasteiger partial charge in [0.1, 0.15) is 5.75 Å². The molecule has 5 heteroatoms. The van der Waals surface area contributed by atoms with Crippen LogP contribution in [-0.2, 0) is 0 Å². The lowest BCUT2D eigenvalue weighted by molar-refractivity contribution is 0.0955. The van der Waals surface area contributed by atoms with Crippen LogP contribution in [0.5, 0.6) is 5.75 Å². The van der Waals surface area contributed by atoms with Gasteiger partial charge in [-0.2, -0.15) is 5.10 Å². The van der Waals surface area contributed by atoms with Crippen LogP contribution in [0.4, 0.5) is 0 Å². The molecule has 0 heterocycles. The molecule has 0 aliphatic carbocycles. The van der Waals surface area contributed by atoms with Gasteiger partial charge >= 0.3 is 0 Å². The van der Waals surface area contributed by atoms with Gasteiger partial charge < -0.3 is 4.74 Å². The summed E-state index contributed by atoms with van der Waals surface area (Å²) in [6.45, 7) is 0. The fraction of sp³-hybridized carbons (Fsp3) is 0.0435. The van der Waals surface area contributed by atoms with Crippen LogP contribution >= 0.6 is 15.9 Å². The lowest BCUT2D eigenvalue weighted by Gasteiger charge is -2.07. The number of ether oxygens (including phenoxy) is 1. The third-order valence-corrected chi connectivity index (χ3v) is 4.61. The average molecular weight is 435 g/mol. The maximum Gasteiger partial charge on any atom is 0.271 e. The summed E-state index contributed by atoms with van der Waals surface area (Å²) in [6.07, 6.45) is 3.84. The minimum Gasteiger partial charge on any atom is -0.496 e. The summed E-state index contributed by atoms with van der Waals surface area (Å²) in [4.78, 5) is 12.5. The highest BCUT2D eigenvalue weighted by Crippen LogP contribution is 2.25. The van der Waals surface area contributed by atoms with Gasteiger partial charge in [0, 0.05) is 11.1 Å². The van der Waals surface area contributed by atoms with Gasteiger partial charge in [-0.25, -0.2) is 5.43 Å². The van der Waals surface area contributed by atoms with Gasteiger partial charge in [-0.15, -0.1) is 0 Å². The molecule has 1 N–H and O–H groups in total. The molecule has 0 bridgehead atoms. The fourth-order valence-corrected chi connectivity index (χ4v) is 3.07. The zero-order valence-corrected chi connectivity index (χ0v) is 16.9. The highest BCUT2D eigenvalue weighted by Gasteiger charge is 2.09. The number of carbonyl (C=O) groups is 1. The van der Waals surface area contributed by atoms with E-state index in [2.05, 4.69) is 26.5 Å². The number of rotatable bonds is 6. The molecule has 0 atom stereocenters. The molecule has 0 aromatic heterocycles. The van der Waals surface area contributed by atoms with Crippen molar-refractivity contribution in [2.45, 2.75) is 0 Å². The van der Waals surface area contributed by atoms with E-state index in [0.717, 1.165) is 11.1 Å². The number of hydrazone groups is 1. The summed E-state index contributed by atoms with van der Waals surface area (Å²) in [7, 11) is 1.58. The molecule has 3 rings (SSSR count). The topological polar surface area (TPSA) is 50.7 Å². The zero-order chi connectivity index (χ0) is 19.8. The molecular formula is C23H19BrN2O2. The van der Waals surface area contributed by atoms with Gasteiger partial charge in [-0.3, -0.25) is 4.79 Å². The van der Waals surface area contributed by atoms with E-state index in [9.17, 15) is 4.79 Å². The molecule has 0 aliphatic heterocycles. The molecule has 0 unspecified atom stereocenters. The Morgan fingerprint density at radius 1 is 0.964 bits per heavy atom. The van der Waals surface area contributed by atoms with E-state index in [0.29, 0.717) is 21.5 Å². The van der Waals surface area contributed by atoms with Crippen molar-refractivity contribution >= 4 is 33.6 Å². The molecule has 28 heavy (non-hydrogen) atoms. The van der Waals surface area contributed by atoms with Crippen LogP contribution in [0.3, 0.4) is 0 Å². The molecule has 0 spiro atoms. The first-order chi connectivity index (χ1) is 13.7. The number of hydrogen-bond acceptors (Lipinski definition) is 3. The van der Waals surface area contributed by atoms with E-state index in [1.807, 2.05) is 72.8 Å². The summed E-state index contributed by atoms with van der Waals surface area (Å²) in [5.41, 5.74) is 5.74. The number of nitrogens with one attached hydrogen (secondary N) is 1. The summed E-state index contributed by atoms with van der Waals surface area (Å²) in [5.74, 6) is 0.362. The first-order valence-electron chi connectivity index (χ1n) is 8.67. The number of allylic oxidation sites excluding steroid dienone is 1. The number of halogens is 1. The van der Waals surface area contributed by atoms with E-state index in [1.54, 1.807) is 25.3 Å². The molecule has 4 nitrogen and oxygen atoms in total. The highest BCUT2D eigenvalue weighted by atomic mass is 79.9. The molecule has 1 amide bonds. The molecule has 0 fully saturated rings. The molecule has 140 valence electrons. The van der Waals surface area contributed by atoms with E-state index in [4.69, 9.17) is 4.74 Å². The highest BCUT2D eigenvalue weighted by molar-refractivity contribution is 9.10. The maximum atomic E-state index is 12.5. The number of benzene rings is 3. The van der Waals surface area contributed by atoms with Crippen molar-refractivity contribution in [3.05, 3.63) is 106 Å². The first kappa shape index (κ1) is 19.6. The fourth-order valence-electron chi connectivity index (χ4n) is 2.53. The molecule has 3 aromatic carbocycles. The van der Waals surface area contributed by atoms with Gasteiger partial charge in [-0.1, -0.05) is 66.7 Å². The number of hydrogen-bond donors (Lipinski definition) is 1. The van der Waals surface area contributed by atoms with Crippen molar-refractivity contribution in [3.8, 4) is 5.75 Å². The monoisotopic (exact) mass is 434 g/mol. The molecule has 0 radical (unpaired) electrons. The van der Waals surface area contributed by atoms with Gasteiger partial charge in [0.2, 0.25) is 0 Å². The summed E-state index contributed by atoms with van der Waals surface area (Å²) < 4.78 is 5.90. The van der Waals surface area contributed by atoms with E-state index >= 15 is 0 Å². The van der Waals surface area contributed by atoms with Crippen LogP contribution in [0, 0.1) is 0 Å². The number of methoxy groups -OCH3 is 1. The van der Waals surface area contributed by atoms with Crippen molar-refractivity contribution in [2.24, 2.45) is 5.10 Å². The Morgan fingerprint density at radius 3 is 2.29 bits per heavy atom. The van der Waals surface area contributed by atoms with Crippen LogP contribution in [-0.4, -0.2) is 18.7 Å². The zero-order valence-electron chi connectivity index (χ0n) is 15.3. The average Bonchev–Trinajstić information content (AvgIpc) is 2.75. The molecule has 3 aromatic rings. The van der Waals surface area contributed by atoms with Gasteiger partial charge in [0.25, 0.3) is 5.91 Å². The predicted octanol–water partition coefficient (Wildman–Crippen LogP) is 5.31. The Labute approximate surface area is 172 Å². The van der Waals surface area contributed by atoms with Crippen LogP contribution in [0.15, 0.2) is 94.5 Å². The van der Waals surface area contributed by atoms with E-state index in [1.165, 1.54) is 0 Å². The lowest BCUT2D eigenvalue weighted by Crippen LogP contribution is -2.19. The second kappa shape index (κ2) is 9.67. The summed E-state index contributed by atoms with van der Waals surface area (Å²) >= 11 is 3.39. The minimum absolute atomic E-state index is 0.301. The molecule has 0 saturated carbocycles. The first-order valence-corrected chi connectivity index (χ1v) is 9.47. The van der Waals surface area contributed by atoms with Crippen molar-refractivity contribution in [1.82, 2.24) is 5.43 Å². The number of amides is 1. The third kappa shape index (κ3) is 5.18. The third-order valence-electron chi connectivity index (χ3n) is 3.99. The van der Waals surface area contributed by atoms with E-state index < -0.39 is 0 Å². The second-order valence-electron chi connectivity index (χ2n) is 5.90. The van der Waals surface area contributed by atoms with Gasteiger partial charge in [0.15, 0.2) is 0 Å². The van der Waals surface area contributed by atoms with Crippen molar-refractivity contribution in [3.63, 3.8) is 0 Å². The number of nitrogens with zero attached hydrogens (tertiary/aromatic N) is 1.